The highest BCUT2D eigenvalue weighted by atomic mass is 35.5. The van der Waals surface area contributed by atoms with Crippen molar-refractivity contribution in [3.05, 3.63) is 56.7 Å². The van der Waals surface area contributed by atoms with Gasteiger partial charge in [0.05, 0.1) is 21.0 Å². The van der Waals surface area contributed by atoms with Gasteiger partial charge in [0.2, 0.25) is 0 Å². The highest BCUT2D eigenvalue weighted by Crippen LogP contribution is 2.15. The van der Waals surface area contributed by atoms with E-state index in [4.69, 9.17) is 16.7 Å². The predicted octanol–water partition coefficient (Wildman–Crippen LogP) is 2.26. The van der Waals surface area contributed by atoms with Crippen LogP contribution >= 0.6 is 22.9 Å². The first-order valence-electron chi connectivity index (χ1n) is 6.62. The lowest BCUT2D eigenvalue weighted by Gasteiger charge is -2.07. The normalized spacial score (nSPS) is 10.1. The molecule has 0 saturated heterocycles. The summed E-state index contributed by atoms with van der Waals surface area (Å²) in [6.07, 6.45) is 0. The summed E-state index contributed by atoms with van der Waals surface area (Å²) < 4.78 is 0. The Bertz CT molecular complexity index is 745. The molecule has 3 N–H and O–H groups in total. The van der Waals surface area contributed by atoms with E-state index < -0.39 is 5.97 Å². The third kappa shape index (κ3) is 4.54. The summed E-state index contributed by atoms with van der Waals surface area (Å²) in [7, 11) is 0. The van der Waals surface area contributed by atoms with Gasteiger partial charge in [0.15, 0.2) is 0 Å². The van der Waals surface area contributed by atoms with Gasteiger partial charge in [0.1, 0.15) is 0 Å². The lowest BCUT2D eigenvalue weighted by atomic mass is 10.2. The first-order chi connectivity index (χ1) is 11.0. The molecule has 6 nitrogen and oxygen atoms in total. The van der Waals surface area contributed by atoms with Crippen LogP contribution in [0.25, 0.3) is 0 Å². The van der Waals surface area contributed by atoms with Crippen LogP contribution in [0.3, 0.4) is 0 Å². The fourth-order valence-corrected chi connectivity index (χ4v) is 2.77. The van der Waals surface area contributed by atoms with Crippen molar-refractivity contribution in [3.8, 4) is 0 Å². The molecule has 23 heavy (non-hydrogen) atoms. The number of carboxylic acid groups (broad SMARTS) is 1. The van der Waals surface area contributed by atoms with Crippen molar-refractivity contribution >= 4 is 40.7 Å². The van der Waals surface area contributed by atoms with Crippen molar-refractivity contribution in [1.82, 2.24) is 10.6 Å². The average molecular weight is 353 g/mol. The number of thiophene rings is 1. The standard InChI is InChI=1S/C15H13ClN2O4S/c16-11-4-2-1-3-10(11)13(19)17-5-6-18-14(20)12-7-9(8-23-12)15(21)22/h1-4,7-8H,5-6H2,(H,17,19)(H,18,20)(H,21,22). The van der Waals surface area contributed by atoms with E-state index in [0.717, 1.165) is 11.3 Å². The van der Waals surface area contributed by atoms with E-state index in [1.807, 2.05) is 0 Å². The van der Waals surface area contributed by atoms with Crippen LogP contribution in [0.5, 0.6) is 0 Å². The Balaban J connectivity index is 1.78. The number of halogens is 1. The third-order valence-corrected chi connectivity index (χ3v) is 4.14. The van der Waals surface area contributed by atoms with E-state index in [2.05, 4.69) is 10.6 Å². The van der Waals surface area contributed by atoms with Crippen molar-refractivity contribution in [1.29, 1.82) is 0 Å². The summed E-state index contributed by atoms with van der Waals surface area (Å²) in [4.78, 5) is 34.8. The largest absolute Gasteiger partial charge is 0.478 e. The van der Waals surface area contributed by atoms with Crippen LogP contribution in [0.4, 0.5) is 0 Å². The van der Waals surface area contributed by atoms with E-state index in [1.54, 1.807) is 24.3 Å². The van der Waals surface area contributed by atoms with E-state index in [0.29, 0.717) is 15.5 Å². The molecule has 0 unspecified atom stereocenters. The molecule has 0 saturated carbocycles. The Morgan fingerprint density at radius 2 is 1.74 bits per heavy atom. The molecule has 0 aliphatic rings. The van der Waals surface area contributed by atoms with Crippen LogP contribution < -0.4 is 10.6 Å². The second-order valence-corrected chi connectivity index (χ2v) is 5.81. The van der Waals surface area contributed by atoms with Crippen molar-refractivity contribution in [2.75, 3.05) is 13.1 Å². The number of aromatic carboxylic acids is 1. The molecule has 8 heteroatoms. The van der Waals surface area contributed by atoms with Crippen molar-refractivity contribution in [2.24, 2.45) is 0 Å². The molecule has 0 aliphatic carbocycles. The molecule has 0 spiro atoms. The smallest absolute Gasteiger partial charge is 0.336 e. The summed E-state index contributed by atoms with van der Waals surface area (Å²) in [6.45, 7) is 0.447. The van der Waals surface area contributed by atoms with Crippen LogP contribution in [-0.2, 0) is 0 Å². The van der Waals surface area contributed by atoms with Crippen LogP contribution in [0.2, 0.25) is 5.02 Å². The molecule has 0 bridgehead atoms. The Kier molecular flexibility index (Phi) is 5.72. The van der Waals surface area contributed by atoms with Crippen molar-refractivity contribution in [2.45, 2.75) is 0 Å². The number of carbonyl (C=O) groups excluding carboxylic acids is 2. The zero-order valence-electron chi connectivity index (χ0n) is 11.8. The van der Waals surface area contributed by atoms with Gasteiger partial charge < -0.3 is 15.7 Å². The summed E-state index contributed by atoms with van der Waals surface area (Å²) in [5, 5.41) is 15.8. The number of carbonyl (C=O) groups is 3. The first-order valence-corrected chi connectivity index (χ1v) is 7.87. The quantitative estimate of drug-likeness (QED) is 0.695. The molecule has 1 aromatic carbocycles. The molecule has 120 valence electrons. The van der Waals surface area contributed by atoms with Crippen LogP contribution in [0, 0.1) is 0 Å². The molecule has 0 fully saturated rings. The number of amides is 2. The van der Waals surface area contributed by atoms with Crippen molar-refractivity contribution < 1.29 is 19.5 Å². The lowest BCUT2D eigenvalue weighted by Crippen LogP contribution is -2.34. The van der Waals surface area contributed by atoms with Gasteiger partial charge in [-0.25, -0.2) is 4.79 Å². The maximum atomic E-state index is 11.9. The second-order valence-electron chi connectivity index (χ2n) is 4.50. The number of hydrogen-bond donors (Lipinski definition) is 3. The molecule has 0 atom stereocenters. The molecular weight excluding hydrogens is 340 g/mol. The van der Waals surface area contributed by atoms with Gasteiger partial charge in [0, 0.05) is 18.5 Å². The molecule has 0 aliphatic heterocycles. The monoisotopic (exact) mass is 352 g/mol. The van der Waals surface area contributed by atoms with Gasteiger partial charge in [-0.05, 0) is 18.2 Å². The Morgan fingerprint density at radius 3 is 2.35 bits per heavy atom. The molecule has 2 amide bonds. The maximum Gasteiger partial charge on any atom is 0.336 e. The lowest BCUT2D eigenvalue weighted by molar-refractivity contribution is 0.0697. The van der Waals surface area contributed by atoms with Gasteiger partial charge in [0.25, 0.3) is 11.8 Å². The van der Waals surface area contributed by atoms with Crippen LogP contribution in [0.1, 0.15) is 30.4 Å². The minimum absolute atomic E-state index is 0.0761. The summed E-state index contributed by atoms with van der Waals surface area (Å²) >= 11 is 6.96. The molecule has 1 aromatic heterocycles. The highest BCUT2D eigenvalue weighted by Gasteiger charge is 2.13. The summed E-state index contributed by atoms with van der Waals surface area (Å²) in [6, 6.07) is 7.97. The Labute approximate surface area is 141 Å². The van der Waals surface area contributed by atoms with Crippen LogP contribution in [0.15, 0.2) is 35.7 Å². The zero-order chi connectivity index (χ0) is 16.8. The minimum Gasteiger partial charge on any atom is -0.478 e. The molecule has 2 rings (SSSR count). The number of hydrogen-bond acceptors (Lipinski definition) is 4. The van der Waals surface area contributed by atoms with E-state index in [9.17, 15) is 14.4 Å². The zero-order valence-corrected chi connectivity index (χ0v) is 13.4. The summed E-state index contributed by atoms with van der Waals surface area (Å²) in [5.41, 5.74) is 0.442. The number of benzene rings is 1. The fourth-order valence-electron chi connectivity index (χ4n) is 1.75. The SMILES string of the molecule is O=C(O)c1csc(C(=O)NCCNC(=O)c2ccccc2Cl)c1. The molecule has 1 heterocycles. The minimum atomic E-state index is -1.08. The van der Waals surface area contributed by atoms with Crippen LogP contribution in [-0.4, -0.2) is 36.0 Å². The average Bonchev–Trinajstić information content (AvgIpc) is 3.02. The number of nitrogens with one attached hydrogen (secondary N) is 2. The van der Waals surface area contributed by atoms with Gasteiger partial charge >= 0.3 is 5.97 Å². The fraction of sp³-hybridized carbons (Fsp3) is 0.133. The highest BCUT2D eigenvalue weighted by molar-refractivity contribution is 7.12. The number of rotatable bonds is 6. The van der Waals surface area contributed by atoms with E-state index in [-0.39, 0.29) is 30.5 Å². The summed E-state index contributed by atoms with van der Waals surface area (Å²) in [5.74, 6) is -1.78. The molecule has 0 radical (unpaired) electrons. The third-order valence-electron chi connectivity index (χ3n) is 2.88. The van der Waals surface area contributed by atoms with Gasteiger partial charge in [-0.15, -0.1) is 11.3 Å². The second kappa shape index (κ2) is 7.75. The van der Waals surface area contributed by atoms with Gasteiger partial charge in [-0.1, -0.05) is 23.7 Å². The Morgan fingerprint density at radius 1 is 1.09 bits per heavy atom. The molecule has 2 aromatic rings. The topological polar surface area (TPSA) is 95.5 Å². The first kappa shape index (κ1) is 17.0. The number of carboxylic acids is 1. The predicted molar refractivity (Wildman–Crippen MR) is 87.4 cm³/mol. The Hall–Kier alpha value is -2.38. The van der Waals surface area contributed by atoms with E-state index in [1.165, 1.54) is 11.4 Å². The van der Waals surface area contributed by atoms with Gasteiger partial charge in [-0.2, -0.15) is 0 Å². The van der Waals surface area contributed by atoms with Gasteiger partial charge in [-0.3, -0.25) is 9.59 Å². The molecular formula is C15H13ClN2O4S. The maximum absolute atomic E-state index is 11.9. The van der Waals surface area contributed by atoms with E-state index >= 15 is 0 Å². The van der Waals surface area contributed by atoms with Crippen molar-refractivity contribution in [3.63, 3.8) is 0 Å².